The summed E-state index contributed by atoms with van der Waals surface area (Å²) in [4.78, 5) is 2.52. The highest BCUT2D eigenvalue weighted by Gasteiger charge is 2.34. The zero-order chi connectivity index (χ0) is 16.4. The third-order valence-corrected chi connectivity index (χ3v) is 5.38. The van der Waals surface area contributed by atoms with Gasteiger partial charge in [0.05, 0.1) is 0 Å². The molecule has 2 aliphatic rings. The maximum Gasteiger partial charge on any atom is 0.127 e. The number of rotatable bonds is 5. The maximum absolute atomic E-state index is 5.96. The van der Waals surface area contributed by atoms with Gasteiger partial charge in [-0.3, -0.25) is 4.90 Å². The lowest BCUT2D eigenvalue weighted by Crippen LogP contribution is -2.46. The van der Waals surface area contributed by atoms with E-state index in [-0.39, 0.29) is 12.4 Å². The predicted octanol–water partition coefficient (Wildman–Crippen LogP) is 4.62. The minimum atomic E-state index is 0. The summed E-state index contributed by atoms with van der Waals surface area (Å²) in [6.07, 6.45) is 5.28. The van der Waals surface area contributed by atoms with Crippen LogP contribution in [0.2, 0.25) is 0 Å². The quantitative estimate of drug-likeness (QED) is 0.844. The molecule has 2 heterocycles. The molecule has 0 amide bonds. The number of hydrogen-bond donors (Lipinski definition) is 1. The van der Waals surface area contributed by atoms with Crippen molar-refractivity contribution in [1.29, 1.82) is 0 Å². The molecule has 4 heteroatoms. The second-order valence-corrected chi connectivity index (χ2v) is 7.24. The number of hydrogen-bond acceptors (Lipinski definition) is 3. The minimum absolute atomic E-state index is 0. The molecule has 2 aliphatic heterocycles. The molecule has 0 radical (unpaired) electrons. The minimum Gasteiger partial charge on any atom is -0.457 e. The number of halogens is 1. The van der Waals surface area contributed by atoms with Crippen molar-refractivity contribution in [3.8, 4) is 11.5 Å². The Hall–Kier alpha value is -1.55. The molecule has 0 aliphatic carbocycles. The topological polar surface area (TPSA) is 24.5 Å². The van der Waals surface area contributed by atoms with Crippen LogP contribution in [0.1, 0.15) is 31.2 Å². The number of ether oxygens (including phenoxy) is 1. The van der Waals surface area contributed by atoms with Crippen LogP contribution in [0.25, 0.3) is 0 Å². The fourth-order valence-electron chi connectivity index (χ4n) is 4.14. The fourth-order valence-corrected chi connectivity index (χ4v) is 4.14. The molecule has 0 spiro atoms. The standard InChI is InChI=1S/C21H26N2O.ClH/c1-23(19-13-17-10-11-18(14-19)22-17)15-16-6-5-9-21(12-16)24-20-7-3-2-4-8-20;/h2-9,12,17-19,22H,10-11,13-15H2,1H3;1H. The molecule has 2 bridgehead atoms. The molecule has 2 atom stereocenters. The van der Waals surface area contributed by atoms with Gasteiger partial charge in [-0.2, -0.15) is 0 Å². The molecule has 3 nitrogen and oxygen atoms in total. The highest BCUT2D eigenvalue weighted by molar-refractivity contribution is 5.85. The lowest BCUT2D eigenvalue weighted by molar-refractivity contribution is 0.166. The Balaban J connectivity index is 0.00000182. The van der Waals surface area contributed by atoms with Crippen LogP contribution in [0, 0.1) is 0 Å². The number of piperidine rings is 1. The number of para-hydroxylation sites is 1. The first kappa shape index (κ1) is 18.2. The van der Waals surface area contributed by atoms with Crippen LogP contribution >= 0.6 is 12.4 Å². The molecule has 2 aromatic rings. The highest BCUT2D eigenvalue weighted by Crippen LogP contribution is 2.30. The first-order valence-electron chi connectivity index (χ1n) is 9.04. The summed E-state index contributed by atoms with van der Waals surface area (Å²) in [5.74, 6) is 1.80. The molecule has 2 fully saturated rings. The van der Waals surface area contributed by atoms with Crippen molar-refractivity contribution in [1.82, 2.24) is 10.2 Å². The highest BCUT2D eigenvalue weighted by atomic mass is 35.5. The van der Waals surface area contributed by atoms with Gasteiger partial charge in [0, 0.05) is 24.7 Å². The monoisotopic (exact) mass is 358 g/mol. The largest absolute Gasteiger partial charge is 0.457 e. The van der Waals surface area contributed by atoms with E-state index >= 15 is 0 Å². The van der Waals surface area contributed by atoms with E-state index in [9.17, 15) is 0 Å². The van der Waals surface area contributed by atoms with E-state index in [1.807, 2.05) is 36.4 Å². The third-order valence-electron chi connectivity index (χ3n) is 5.38. The van der Waals surface area contributed by atoms with Crippen molar-refractivity contribution >= 4 is 12.4 Å². The van der Waals surface area contributed by atoms with Crippen LogP contribution in [0.3, 0.4) is 0 Å². The van der Waals surface area contributed by atoms with Gasteiger partial charge in [0.25, 0.3) is 0 Å². The number of nitrogens with one attached hydrogen (secondary N) is 1. The van der Waals surface area contributed by atoms with E-state index < -0.39 is 0 Å². The van der Waals surface area contributed by atoms with Crippen molar-refractivity contribution < 1.29 is 4.74 Å². The van der Waals surface area contributed by atoms with E-state index in [1.54, 1.807) is 0 Å². The predicted molar refractivity (Wildman–Crippen MR) is 105 cm³/mol. The van der Waals surface area contributed by atoms with Crippen LogP contribution in [0.4, 0.5) is 0 Å². The fraction of sp³-hybridized carbons (Fsp3) is 0.429. The lowest BCUT2D eigenvalue weighted by atomic mass is 9.98. The van der Waals surface area contributed by atoms with Gasteiger partial charge in [-0.05, 0) is 62.6 Å². The summed E-state index contributed by atoms with van der Waals surface area (Å²) in [6, 6.07) is 20.6. The SMILES string of the molecule is CN(Cc1cccc(Oc2ccccc2)c1)C1CC2CCC(C1)N2.Cl. The normalized spacial score (nSPS) is 24.8. The van der Waals surface area contributed by atoms with Crippen LogP contribution in [0.5, 0.6) is 11.5 Å². The summed E-state index contributed by atoms with van der Waals surface area (Å²) in [6.45, 7) is 0.982. The van der Waals surface area contributed by atoms with Crippen molar-refractivity contribution in [3.63, 3.8) is 0 Å². The number of benzene rings is 2. The molecule has 25 heavy (non-hydrogen) atoms. The van der Waals surface area contributed by atoms with E-state index in [4.69, 9.17) is 4.74 Å². The summed E-state index contributed by atoms with van der Waals surface area (Å²) in [7, 11) is 2.26. The van der Waals surface area contributed by atoms with Gasteiger partial charge < -0.3 is 10.1 Å². The maximum atomic E-state index is 5.96. The Morgan fingerprint density at radius 3 is 2.36 bits per heavy atom. The van der Waals surface area contributed by atoms with Crippen molar-refractivity contribution in [2.75, 3.05) is 7.05 Å². The average molecular weight is 359 g/mol. The van der Waals surface area contributed by atoms with E-state index in [0.717, 1.165) is 30.1 Å². The Morgan fingerprint density at radius 2 is 1.64 bits per heavy atom. The molecule has 2 saturated heterocycles. The molecule has 0 aromatic heterocycles. The smallest absolute Gasteiger partial charge is 0.127 e. The van der Waals surface area contributed by atoms with Gasteiger partial charge in [-0.15, -0.1) is 12.4 Å². The molecular weight excluding hydrogens is 332 g/mol. The second-order valence-electron chi connectivity index (χ2n) is 7.24. The first-order chi connectivity index (χ1) is 11.8. The molecule has 134 valence electrons. The molecular formula is C21H27ClN2O. The lowest BCUT2D eigenvalue weighted by Gasteiger charge is -2.35. The van der Waals surface area contributed by atoms with Gasteiger partial charge in [0.15, 0.2) is 0 Å². The molecule has 1 N–H and O–H groups in total. The van der Waals surface area contributed by atoms with Crippen molar-refractivity contribution in [2.45, 2.75) is 50.4 Å². The second kappa shape index (κ2) is 8.22. The zero-order valence-corrected chi connectivity index (χ0v) is 15.5. The summed E-state index contributed by atoms with van der Waals surface area (Å²) in [5.41, 5.74) is 1.32. The van der Waals surface area contributed by atoms with E-state index in [0.29, 0.717) is 6.04 Å². The molecule has 2 aromatic carbocycles. The molecule has 0 saturated carbocycles. The van der Waals surface area contributed by atoms with Crippen molar-refractivity contribution in [3.05, 3.63) is 60.2 Å². The Morgan fingerprint density at radius 1 is 0.960 bits per heavy atom. The summed E-state index contributed by atoms with van der Waals surface area (Å²) in [5, 5.41) is 3.73. The van der Waals surface area contributed by atoms with Gasteiger partial charge in [-0.25, -0.2) is 0 Å². The summed E-state index contributed by atoms with van der Waals surface area (Å²) >= 11 is 0. The van der Waals surface area contributed by atoms with Crippen LogP contribution in [-0.4, -0.2) is 30.1 Å². The van der Waals surface area contributed by atoms with Gasteiger partial charge in [-0.1, -0.05) is 30.3 Å². The van der Waals surface area contributed by atoms with Crippen molar-refractivity contribution in [2.24, 2.45) is 0 Å². The van der Waals surface area contributed by atoms with E-state index in [2.05, 4.69) is 35.5 Å². The van der Waals surface area contributed by atoms with Crippen LogP contribution < -0.4 is 10.1 Å². The number of fused-ring (bicyclic) bond motifs is 2. The first-order valence-corrected chi connectivity index (χ1v) is 9.04. The van der Waals surface area contributed by atoms with Crippen LogP contribution in [-0.2, 0) is 6.54 Å². The van der Waals surface area contributed by atoms with E-state index in [1.165, 1.54) is 31.2 Å². The molecule has 2 unspecified atom stereocenters. The molecule has 4 rings (SSSR count). The Bertz CT molecular complexity index is 667. The van der Waals surface area contributed by atoms with Gasteiger partial charge in [0.1, 0.15) is 11.5 Å². The summed E-state index contributed by atoms with van der Waals surface area (Å²) < 4.78 is 5.96. The average Bonchev–Trinajstić information content (AvgIpc) is 2.94. The van der Waals surface area contributed by atoms with Crippen LogP contribution in [0.15, 0.2) is 54.6 Å². The van der Waals surface area contributed by atoms with Gasteiger partial charge >= 0.3 is 0 Å². The Kier molecular flexibility index (Phi) is 6.00. The third kappa shape index (κ3) is 4.55. The zero-order valence-electron chi connectivity index (χ0n) is 14.7. The Labute approximate surface area is 156 Å². The van der Waals surface area contributed by atoms with Gasteiger partial charge in [0.2, 0.25) is 0 Å². The number of nitrogens with zero attached hydrogens (tertiary/aromatic N) is 1.